The number of rotatable bonds is 4. The Labute approximate surface area is 192 Å². The molecule has 2 N–H and O–H groups in total. The number of aromatic nitrogens is 2. The second-order valence-corrected chi connectivity index (χ2v) is 8.01. The zero-order valence-corrected chi connectivity index (χ0v) is 20.0. The van der Waals surface area contributed by atoms with E-state index in [1.165, 1.54) is 5.56 Å². The van der Waals surface area contributed by atoms with Crippen molar-refractivity contribution in [1.29, 1.82) is 0 Å². The summed E-state index contributed by atoms with van der Waals surface area (Å²) in [5.41, 5.74) is 2.88. The summed E-state index contributed by atoms with van der Waals surface area (Å²) in [5.74, 6) is 0.671. The Bertz CT molecular complexity index is 775. The van der Waals surface area contributed by atoms with Crippen molar-refractivity contribution in [3.8, 4) is 0 Å². The van der Waals surface area contributed by atoms with E-state index in [2.05, 4.69) is 58.9 Å². The van der Waals surface area contributed by atoms with Crippen LogP contribution in [0.3, 0.4) is 0 Å². The smallest absolute Gasteiger partial charge is 0.324 e. The van der Waals surface area contributed by atoms with Crippen molar-refractivity contribution in [3.63, 3.8) is 0 Å². The fourth-order valence-electron chi connectivity index (χ4n) is 2.99. The van der Waals surface area contributed by atoms with E-state index < -0.39 is 0 Å². The number of benzene rings is 1. The van der Waals surface area contributed by atoms with Crippen LogP contribution in [0, 0.1) is 0 Å². The summed E-state index contributed by atoms with van der Waals surface area (Å²) in [6, 6.07) is 9.63. The molecular weight excluding hydrogens is 429 g/mol. The molecule has 1 fully saturated rings. The SMILES string of the molecule is Cn1nc(C(C)(C)C)cc1NC(=O)Nc1ccc(CN2CC[N-]CC2)cc1.[Y]. The van der Waals surface area contributed by atoms with Crippen LogP contribution in [0.4, 0.5) is 16.3 Å². The number of carbonyl (C=O) groups is 1. The standard InChI is InChI=1S/C20H29N6O.Y/c1-20(2,3)17-13-18(25(4)24-17)23-19(27)22-16-7-5-15(6-8-16)14-26-11-9-21-10-12-26;/h5-8,13H,9-12,14H2,1-4H3,(H2,22,23,27);/q-1;. The molecule has 1 aliphatic rings. The summed E-state index contributed by atoms with van der Waals surface area (Å²) in [7, 11) is 1.83. The number of piperazine rings is 1. The number of nitrogens with one attached hydrogen (secondary N) is 2. The summed E-state index contributed by atoms with van der Waals surface area (Å²) in [5, 5.41) is 14.6. The molecule has 1 radical (unpaired) electrons. The quantitative estimate of drug-likeness (QED) is 0.736. The fourth-order valence-corrected chi connectivity index (χ4v) is 2.99. The van der Waals surface area contributed by atoms with Crippen molar-refractivity contribution in [2.24, 2.45) is 7.05 Å². The van der Waals surface area contributed by atoms with E-state index in [0.717, 1.165) is 44.1 Å². The minimum absolute atomic E-state index is 0. The molecule has 2 heterocycles. The van der Waals surface area contributed by atoms with Crippen LogP contribution < -0.4 is 10.6 Å². The van der Waals surface area contributed by atoms with Gasteiger partial charge in [-0.2, -0.15) is 5.10 Å². The van der Waals surface area contributed by atoms with Crippen LogP contribution in [0.15, 0.2) is 30.3 Å². The molecule has 1 aromatic carbocycles. The minimum atomic E-state index is -0.274. The van der Waals surface area contributed by atoms with E-state index in [1.807, 2.05) is 25.2 Å². The van der Waals surface area contributed by atoms with E-state index in [0.29, 0.717) is 5.82 Å². The zero-order valence-electron chi connectivity index (χ0n) is 17.2. The molecule has 0 spiro atoms. The fraction of sp³-hybridized carbons (Fsp3) is 0.500. The van der Waals surface area contributed by atoms with Gasteiger partial charge in [-0.3, -0.25) is 10.00 Å². The van der Waals surface area contributed by atoms with Gasteiger partial charge in [0.05, 0.1) is 5.69 Å². The molecule has 149 valence electrons. The molecule has 7 nitrogen and oxygen atoms in total. The number of anilines is 2. The number of aryl methyl sites for hydroxylation is 1. The van der Waals surface area contributed by atoms with Crippen LogP contribution in [0.5, 0.6) is 0 Å². The molecule has 3 rings (SSSR count). The first-order valence-corrected chi connectivity index (χ1v) is 9.38. The molecule has 1 aliphatic heterocycles. The zero-order chi connectivity index (χ0) is 19.4. The molecule has 1 saturated heterocycles. The molecule has 0 unspecified atom stereocenters. The van der Waals surface area contributed by atoms with Crippen LogP contribution in [0.1, 0.15) is 32.0 Å². The first kappa shape index (κ1) is 23.0. The summed E-state index contributed by atoms with van der Waals surface area (Å²) < 4.78 is 1.69. The molecule has 28 heavy (non-hydrogen) atoms. The van der Waals surface area contributed by atoms with Gasteiger partial charge in [0.25, 0.3) is 0 Å². The maximum Gasteiger partial charge on any atom is 0.324 e. The van der Waals surface area contributed by atoms with E-state index >= 15 is 0 Å². The van der Waals surface area contributed by atoms with Crippen molar-refractivity contribution in [3.05, 3.63) is 46.9 Å². The number of nitrogens with zero attached hydrogens (tertiary/aromatic N) is 4. The predicted octanol–water partition coefficient (Wildman–Crippen LogP) is 3.55. The molecule has 0 aliphatic carbocycles. The Morgan fingerprint density at radius 3 is 2.36 bits per heavy atom. The third-order valence-corrected chi connectivity index (χ3v) is 4.66. The maximum absolute atomic E-state index is 12.3. The van der Waals surface area contributed by atoms with Crippen LogP contribution in [-0.2, 0) is 51.7 Å². The number of amides is 2. The van der Waals surface area contributed by atoms with Gasteiger partial charge in [0.1, 0.15) is 5.82 Å². The topological polar surface area (TPSA) is 76.3 Å². The Morgan fingerprint density at radius 2 is 1.79 bits per heavy atom. The van der Waals surface area contributed by atoms with Gasteiger partial charge in [0.15, 0.2) is 0 Å². The van der Waals surface area contributed by atoms with Gasteiger partial charge in [-0.05, 0) is 30.8 Å². The van der Waals surface area contributed by atoms with Crippen molar-refractivity contribution < 1.29 is 37.5 Å². The average Bonchev–Trinajstić information content (AvgIpc) is 2.98. The number of hydrogen-bond donors (Lipinski definition) is 2. The molecular formula is C20H29N6OY-. The summed E-state index contributed by atoms with van der Waals surface area (Å²) in [6.45, 7) is 11.1. The second kappa shape index (κ2) is 9.96. The van der Waals surface area contributed by atoms with Crippen molar-refractivity contribution in [2.75, 3.05) is 36.8 Å². The minimum Gasteiger partial charge on any atom is -0.660 e. The van der Waals surface area contributed by atoms with Crippen molar-refractivity contribution >= 4 is 17.5 Å². The molecule has 1 aromatic heterocycles. The second-order valence-electron chi connectivity index (χ2n) is 8.01. The number of carbonyl (C=O) groups excluding carboxylic acids is 1. The van der Waals surface area contributed by atoms with Crippen molar-refractivity contribution in [2.45, 2.75) is 32.7 Å². The molecule has 2 aromatic rings. The normalized spacial score (nSPS) is 15.0. The van der Waals surface area contributed by atoms with Gasteiger partial charge >= 0.3 is 6.03 Å². The molecule has 8 heteroatoms. The summed E-state index contributed by atoms with van der Waals surface area (Å²) >= 11 is 0. The Morgan fingerprint density at radius 1 is 1.14 bits per heavy atom. The van der Waals surface area contributed by atoms with Gasteiger partial charge in [-0.25, -0.2) is 4.79 Å². The van der Waals surface area contributed by atoms with E-state index in [9.17, 15) is 4.79 Å². The monoisotopic (exact) mass is 458 g/mol. The number of urea groups is 1. The van der Waals surface area contributed by atoms with Gasteiger partial charge in [0, 0.05) is 63.5 Å². The van der Waals surface area contributed by atoms with Crippen LogP contribution >= 0.6 is 0 Å². The maximum atomic E-state index is 12.3. The average molecular weight is 458 g/mol. The van der Waals surface area contributed by atoms with Crippen LogP contribution in [0.2, 0.25) is 0 Å². The summed E-state index contributed by atoms with van der Waals surface area (Å²) in [4.78, 5) is 14.7. The van der Waals surface area contributed by atoms with Gasteiger partial charge in [-0.15, -0.1) is 13.1 Å². The molecule has 0 saturated carbocycles. The summed E-state index contributed by atoms with van der Waals surface area (Å²) in [6.07, 6.45) is 0. The Balaban J connectivity index is 0.00000280. The van der Waals surface area contributed by atoms with E-state index in [-0.39, 0.29) is 44.2 Å². The molecule has 0 atom stereocenters. The Hall–Kier alpha value is -1.28. The van der Waals surface area contributed by atoms with Crippen molar-refractivity contribution in [1.82, 2.24) is 14.7 Å². The van der Waals surface area contributed by atoms with Gasteiger partial charge in [-0.1, -0.05) is 32.9 Å². The first-order chi connectivity index (χ1) is 12.8. The molecule has 2 amide bonds. The van der Waals surface area contributed by atoms with Crippen LogP contribution in [0.25, 0.3) is 5.32 Å². The first-order valence-electron chi connectivity index (χ1n) is 9.38. The predicted molar refractivity (Wildman–Crippen MR) is 109 cm³/mol. The third kappa shape index (κ3) is 6.37. The largest absolute Gasteiger partial charge is 0.660 e. The molecule has 0 bridgehead atoms. The van der Waals surface area contributed by atoms with E-state index in [4.69, 9.17) is 0 Å². The van der Waals surface area contributed by atoms with Gasteiger partial charge in [0.2, 0.25) is 0 Å². The Kier molecular flexibility index (Phi) is 8.19. The number of hydrogen-bond acceptors (Lipinski definition) is 3. The van der Waals surface area contributed by atoms with Gasteiger partial charge < -0.3 is 15.5 Å². The third-order valence-electron chi connectivity index (χ3n) is 4.66. The van der Waals surface area contributed by atoms with Crippen LogP contribution in [-0.4, -0.2) is 46.9 Å². The van der Waals surface area contributed by atoms with E-state index in [1.54, 1.807) is 4.68 Å².